The van der Waals surface area contributed by atoms with Crippen LogP contribution < -0.4 is 10.3 Å². The molecule has 0 unspecified atom stereocenters. The van der Waals surface area contributed by atoms with E-state index in [9.17, 15) is 9.90 Å². The molecular weight excluding hydrogens is 220 g/mol. The first-order valence-corrected chi connectivity index (χ1v) is 5.09. The Kier molecular flexibility index (Phi) is 3.09. The molecule has 17 heavy (non-hydrogen) atoms. The second-order valence-electron chi connectivity index (χ2n) is 3.60. The van der Waals surface area contributed by atoms with E-state index in [1.807, 2.05) is 0 Å². The minimum absolute atomic E-state index is 0.213. The molecule has 0 aliphatic carbocycles. The zero-order valence-electron chi connectivity index (χ0n) is 9.30. The van der Waals surface area contributed by atoms with Crippen molar-refractivity contribution in [2.24, 2.45) is 0 Å². The Labute approximate surface area is 97.7 Å². The molecule has 0 amide bonds. The number of benzene rings is 1. The summed E-state index contributed by atoms with van der Waals surface area (Å²) >= 11 is 0. The van der Waals surface area contributed by atoms with Crippen molar-refractivity contribution >= 4 is 0 Å². The lowest BCUT2D eigenvalue weighted by molar-refractivity contribution is 0.402. The number of ether oxygens (including phenoxy) is 1. The smallest absolute Gasteiger partial charge is 0.306 e. The lowest BCUT2D eigenvalue weighted by atomic mass is 10.1. The van der Waals surface area contributed by atoms with Crippen molar-refractivity contribution in [1.82, 2.24) is 10.2 Å². The monoisotopic (exact) mass is 232 g/mol. The number of nitrogens with zero attached hydrogens (tertiary/aromatic N) is 1. The summed E-state index contributed by atoms with van der Waals surface area (Å²) in [6, 6.07) is 6.77. The number of hydrogen-bond acceptors (Lipinski definition) is 4. The predicted octanol–water partition coefficient (Wildman–Crippen LogP) is 1.07. The first-order valence-electron chi connectivity index (χ1n) is 5.09. The highest BCUT2D eigenvalue weighted by Crippen LogP contribution is 2.17. The molecule has 0 atom stereocenters. The standard InChI is InChI=1S/C12H12N2O3/c1-17-11-9(7-13-14-12(11)16)6-8-2-4-10(15)5-3-8/h2-5,7,15H,6H2,1H3,(H,14,16). The van der Waals surface area contributed by atoms with Crippen LogP contribution >= 0.6 is 0 Å². The van der Waals surface area contributed by atoms with E-state index >= 15 is 0 Å². The van der Waals surface area contributed by atoms with Gasteiger partial charge in [0.1, 0.15) is 5.75 Å². The maximum Gasteiger partial charge on any atom is 0.306 e. The minimum atomic E-state index is -0.344. The molecule has 88 valence electrons. The van der Waals surface area contributed by atoms with E-state index in [4.69, 9.17) is 4.74 Å². The van der Waals surface area contributed by atoms with Crippen molar-refractivity contribution in [2.75, 3.05) is 7.11 Å². The van der Waals surface area contributed by atoms with E-state index < -0.39 is 0 Å². The third-order valence-electron chi connectivity index (χ3n) is 2.42. The number of phenols is 1. The summed E-state index contributed by atoms with van der Waals surface area (Å²) in [5.41, 5.74) is 1.33. The van der Waals surface area contributed by atoms with Crippen LogP contribution in [0.1, 0.15) is 11.1 Å². The normalized spacial score (nSPS) is 10.2. The minimum Gasteiger partial charge on any atom is -0.508 e. The maximum atomic E-state index is 11.4. The summed E-state index contributed by atoms with van der Waals surface area (Å²) in [5.74, 6) is 0.484. The van der Waals surface area contributed by atoms with Crippen LogP contribution in [0.15, 0.2) is 35.3 Å². The van der Waals surface area contributed by atoms with Crippen molar-refractivity contribution < 1.29 is 9.84 Å². The molecule has 0 saturated carbocycles. The molecule has 0 spiro atoms. The summed E-state index contributed by atoms with van der Waals surface area (Å²) in [4.78, 5) is 11.4. The Morgan fingerprint density at radius 2 is 2.06 bits per heavy atom. The van der Waals surface area contributed by atoms with Gasteiger partial charge in [-0.1, -0.05) is 12.1 Å². The molecule has 0 aliphatic rings. The molecule has 5 nitrogen and oxygen atoms in total. The Balaban J connectivity index is 2.33. The van der Waals surface area contributed by atoms with Gasteiger partial charge < -0.3 is 9.84 Å². The van der Waals surface area contributed by atoms with Gasteiger partial charge in [-0.25, -0.2) is 5.10 Å². The third-order valence-corrected chi connectivity index (χ3v) is 2.42. The van der Waals surface area contributed by atoms with E-state index in [-0.39, 0.29) is 17.1 Å². The fraction of sp³-hybridized carbons (Fsp3) is 0.167. The van der Waals surface area contributed by atoms with Crippen LogP contribution in [0.3, 0.4) is 0 Å². The maximum absolute atomic E-state index is 11.4. The number of aromatic nitrogens is 2. The molecule has 2 aromatic rings. The summed E-state index contributed by atoms with van der Waals surface area (Å²) < 4.78 is 5.04. The van der Waals surface area contributed by atoms with Gasteiger partial charge in [-0.05, 0) is 17.7 Å². The average Bonchev–Trinajstić information content (AvgIpc) is 2.32. The molecule has 5 heteroatoms. The highest BCUT2D eigenvalue weighted by atomic mass is 16.5. The van der Waals surface area contributed by atoms with Gasteiger partial charge in [-0.2, -0.15) is 5.10 Å². The number of H-pyrrole nitrogens is 1. The van der Waals surface area contributed by atoms with Gasteiger partial charge in [-0.3, -0.25) is 4.79 Å². The van der Waals surface area contributed by atoms with Gasteiger partial charge in [-0.15, -0.1) is 0 Å². The van der Waals surface area contributed by atoms with Crippen LogP contribution in [-0.2, 0) is 6.42 Å². The number of aromatic amines is 1. The van der Waals surface area contributed by atoms with Crippen molar-refractivity contribution in [2.45, 2.75) is 6.42 Å². The van der Waals surface area contributed by atoms with Crippen LogP contribution in [0.2, 0.25) is 0 Å². The zero-order chi connectivity index (χ0) is 12.3. The van der Waals surface area contributed by atoms with Crippen molar-refractivity contribution in [1.29, 1.82) is 0 Å². The van der Waals surface area contributed by atoms with Crippen LogP contribution in [-0.4, -0.2) is 22.4 Å². The molecule has 0 bridgehead atoms. The zero-order valence-corrected chi connectivity index (χ0v) is 9.30. The molecule has 1 heterocycles. The van der Waals surface area contributed by atoms with Crippen molar-refractivity contribution in [3.8, 4) is 11.5 Å². The fourth-order valence-electron chi connectivity index (χ4n) is 1.61. The molecule has 0 aliphatic heterocycles. The Morgan fingerprint density at radius 1 is 1.35 bits per heavy atom. The summed E-state index contributed by atoms with van der Waals surface area (Å²) in [6.07, 6.45) is 2.09. The third kappa shape index (κ3) is 2.44. The first kappa shape index (κ1) is 11.2. The number of nitrogens with one attached hydrogen (secondary N) is 1. The van der Waals surface area contributed by atoms with Gasteiger partial charge in [0, 0.05) is 12.0 Å². The van der Waals surface area contributed by atoms with E-state index in [0.717, 1.165) is 5.56 Å². The van der Waals surface area contributed by atoms with Crippen LogP contribution in [0.25, 0.3) is 0 Å². The largest absolute Gasteiger partial charge is 0.508 e. The van der Waals surface area contributed by atoms with Crippen LogP contribution in [0, 0.1) is 0 Å². The Bertz CT molecular complexity index is 561. The van der Waals surface area contributed by atoms with Crippen LogP contribution in [0.5, 0.6) is 11.5 Å². The Morgan fingerprint density at radius 3 is 2.71 bits per heavy atom. The molecule has 0 radical (unpaired) electrons. The molecule has 0 saturated heterocycles. The van der Waals surface area contributed by atoms with E-state index in [0.29, 0.717) is 12.0 Å². The first-order chi connectivity index (χ1) is 8.20. The molecule has 2 rings (SSSR count). The Hall–Kier alpha value is -2.30. The average molecular weight is 232 g/mol. The van der Waals surface area contributed by atoms with Gasteiger partial charge >= 0.3 is 5.56 Å². The number of rotatable bonds is 3. The predicted molar refractivity (Wildman–Crippen MR) is 62.3 cm³/mol. The summed E-state index contributed by atoms with van der Waals surface area (Å²) in [6.45, 7) is 0. The van der Waals surface area contributed by atoms with Crippen LogP contribution in [0.4, 0.5) is 0 Å². The second kappa shape index (κ2) is 4.69. The topological polar surface area (TPSA) is 75.2 Å². The number of aromatic hydroxyl groups is 1. The number of hydrogen-bond donors (Lipinski definition) is 2. The lowest BCUT2D eigenvalue weighted by Gasteiger charge is -2.06. The van der Waals surface area contributed by atoms with E-state index in [1.165, 1.54) is 7.11 Å². The number of phenolic OH excluding ortho intramolecular Hbond substituents is 1. The highest BCUT2D eigenvalue weighted by Gasteiger charge is 2.08. The molecule has 0 fully saturated rings. The van der Waals surface area contributed by atoms with E-state index in [2.05, 4.69) is 10.2 Å². The highest BCUT2D eigenvalue weighted by molar-refractivity contribution is 5.35. The van der Waals surface area contributed by atoms with Gasteiger partial charge in [0.25, 0.3) is 0 Å². The SMILES string of the molecule is COc1c(Cc2ccc(O)cc2)cn[nH]c1=O. The van der Waals surface area contributed by atoms with Gasteiger partial charge in [0.15, 0.2) is 5.75 Å². The fourth-order valence-corrected chi connectivity index (χ4v) is 1.61. The summed E-state index contributed by atoms with van der Waals surface area (Å²) in [5, 5.41) is 15.2. The molecule has 1 aromatic heterocycles. The number of methoxy groups -OCH3 is 1. The molecule has 1 aromatic carbocycles. The second-order valence-corrected chi connectivity index (χ2v) is 3.60. The van der Waals surface area contributed by atoms with Gasteiger partial charge in [0.2, 0.25) is 0 Å². The molecule has 2 N–H and O–H groups in total. The lowest BCUT2D eigenvalue weighted by Crippen LogP contribution is -2.13. The van der Waals surface area contributed by atoms with Gasteiger partial charge in [0.05, 0.1) is 13.3 Å². The summed E-state index contributed by atoms with van der Waals surface area (Å²) in [7, 11) is 1.45. The molecular formula is C12H12N2O3. The van der Waals surface area contributed by atoms with E-state index in [1.54, 1.807) is 30.5 Å². The van der Waals surface area contributed by atoms with Crippen molar-refractivity contribution in [3.05, 3.63) is 51.9 Å². The van der Waals surface area contributed by atoms with Crippen molar-refractivity contribution in [3.63, 3.8) is 0 Å². The quantitative estimate of drug-likeness (QED) is 0.830.